The van der Waals surface area contributed by atoms with E-state index in [0.717, 1.165) is 12.1 Å². The lowest BCUT2D eigenvalue weighted by Gasteiger charge is -2.19. The van der Waals surface area contributed by atoms with Crippen LogP contribution in [0.25, 0.3) is 10.9 Å². The second-order valence-electron chi connectivity index (χ2n) is 6.78. The molecule has 0 radical (unpaired) electrons. The number of aryl methyl sites for hydroxylation is 1. The standard InChI is InChI=1S/C20H19F3N4O4/c1-10(12-5-13(20(21,22)23)7-14(6-12)27(28)29)24-19-15-8-17(30-3)18(31-4)9-16(15)25-11(2)26-19/h5-10H,1-4H3,(H,24,25,26). The molecule has 31 heavy (non-hydrogen) atoms. The van der Waals surface area contributed by atoms with Crippen LogP contribution < -0.4 is 14.8 Å². The molecule has 0 bridgehead atoms. The van der Waals surface area contributed by atoms with Gasteiger partial charge in [0, 0.05) is 23.6 Å². The molecule has 0 aliphatic heterocycles. The van der Waals surface area contributed by atoms with Crippen LogP contribution in [0.15, 0.2) is 30.3 Å². The van der Waals surface area contributed by atoms with Gasteiger partial charge in [0.25, 0.3) is 5.69 Å². The van der Waals surface area contributed by atoms with Crippen molar-refractivity contribution in [2.75, 3.05) is 19.5 Å². The van der Waals surface area contributed by atoms with E-state index >= 15 is 0 Å². The van der Waals surface area contributed by atoms with E-state index in [2.05, 4.69) is 15.3 Å². The van der Waals surface area contributed by atoms with Crippen LogP contribution in [0.4, 0.5) is 24.7 Å². The average Bonchev–Trinajstić information content (AvgIpc) is 2.71. The van der Waals surface area contributed by atoms with Gasteiger partial charge in [-0.3, -0.25) is 10.1 Å². The predicted octanol–water partition coefficient (Wildman–Crippen LogP) is 5.06. The van der Waals surface area contributed by atoms with Gasteiger partial charge in [-0.25, -0.2) is 9.97 Å². The molecule has 0 amide bonds. The zero-order valence-electron chi connectivity index (χ0n) is 17.1. The molecule has 1 atom stereocenters. The molecule has 1 aromatic heterocycles. The maximum Gasteiger partial charge on any atom is 0.416 e. The molecule has 1 heterocycles. The summed E-state index contributed by atoms with van der Waals surface area (Å²) in [5, 5.41) is 14.7. The molecule has 1 unspecified atom stereocenters. The molecule has 8 nitrogen and oxygen atoms in total. The normalized spacial score (nSPS) is 12.5. The molecule has 0 saturated heterocycles. The fraction of sp³-hybridized carbons (Fsp3) is 0.300. The number of alkyl halides is 3. The minimum absolute atomic E-state index is 0.0893. The number of benzene rings is 2. The van der Waals surface area contributed by atoms with Gasteiger partial charge < -0.3 is 14.8 Å². The average molecular weight is 436 g/mol. The Kier molecular flexibility index (Phi) is 5.87. The molecule has 164 valence electrons. The number of non-ortho nitro benzene ring substituents is 1. The van der Waals surface area contributed by atoms with Gasteiger partial charge in [-0.1, -0.05) is 0 Å². The second-order valence-corrected chi connectivity index (χ2v) is 6.78. The van der Waals surface area contributed by atoms with E-state index < -0.39 is 28.4 Å². The van der Waals surface area contributed by atoms with Gasteiger partial charge in [-0.05, 0) is 31.5 Å². The van der Waals surface area contributed by atoms with Gasteiger partial charge in [0.15, 0.2) is 11.5 Å². The minimum Gasteiger partial charge on any atom is -0.493 e. The summed E-state index contributed by atoms with van der Waals surface area (Å²) in [6.07, 6.45) is -4.72. The van der Waals surface area contributed by atoms with Crippen LogP contribution in [0.2, 0.25) is 0 Å². The van der Waals surface area contributed by atoms with E-state index in [-0.39, 0.29) is 5.56 Å². The van der Waals surface area contributed by atoms with E-state index in [1.807, 2.05) is 0 Å². The van der Waals surface area contributed by atoms with Gasteiger partial charge in [-0.15, -0.1) is 0 Å². The van der Waals surface area contributed by atoms with Crippen LogP contribution in [-0.4, -0.2) is 29.1 Å². The Morgan fingerprint density at radius 3 is 2.29 bits per heavy atom. The SMILES string of the molecule is COc1cc2nc(C)nc(NC(C)c3cc([N+](=O)[O-])cc(C(F)(F)F)c3)c2cc1OC. The Hall–Kier alpha value is -3.63. The lowest BCUT2D eigenvalue weighted by Crippen LogP contribution is -2.13. The van der Waals surface area contributed by atoms with E-state index in [1.165, 1.54) is 14.2 Å². The zero-order chi connectivity index (χ0) is 22.9. The highest BCUT2D eigenvalue weighted by Gasteiger charge is 2.33. The van der Waals surface area contributed by atoms with Crippen molar-refractivity contribution in [3.05, 3.63) is 57.4 Å². The molecule has 3 rings (SSSR count). The molecular formula is C20H19F3N4O4. The minimum atomic E-state index is -4.72. The Morgan fingerprint density at radius 2 is 1.71 bits per heavy atom. The summed E-state index contributed by atoms with van der Waals surface area (Å²) < 4.78 is 50.3. The van der Waals surface area contributed by atoms with Crippen molar-refractivity contribution >= 4 is 22.4 Å². The molecule has 1 N–H and O–H groups in total. The van der Waals surface area contributed by atoms with Crippen LogP contribution in [0.5, 0.6) is 11.5 Å². The van der Waals surface area contributed by atoms with Gasteiger partial charge in [0.05, 0.1) is 36.3 Å². The number of fused-ring (bicyclic) bond motifs is 1. The van der Waals surface area contributed by atoms with Gasteiger partial charge >= 0.3 is 6.18 Å². The van der Waals surface area contributed by atoms with E-state index in [4.69, 9.17) is 9.47 Å². The van der Waals surface area contributed by atoms with Crippen LogP contribution >= 0.6 is 0 Å². The quantitative estimate of drug-likeness (QED) is 0.426. The first-order chi connectivity index (χ1) is 14.5. The summed E-state index contributed by atoms with van der Waals surface area (Å²) in [6.45, 7) is 3.25. The second kappa shape index (κ2) is 8.25. The molecular weight excluding hydrogens is 417 g/mol. The number of nitrogens with one attached hydrogen (secondary N) is 1. The molecule has 11 heteroatoms. The number of nitrogens with zero attached hydrogens (tertiary/aromatic N) is 3. The maximum absolute atomic E-state index is 13.2. The number of anilines is 1. The van der Waals surface area contributed by atoms with Crippen LogP contribution in [-0.2, 0) is 6.18 Å². The van der Waals surface area contributed by atoms with E-state index in [1.54, 1.807) is 26.0 Å². The number of methoxy groups -OCH3 is 2. The maximum atomic E-state index is 13.2. The third-order valence-corrected chi connectivity index (χ3v) is 4.64. The number of aromatic nitrogens is 2. The highest BCUT2D eigenvalue weighted by molar-refractivity contribution is 5.92. The van der Waals surface area contributed by atoms with E-state index in [9.17, 15) is 23.3 Å². The molecule has 2 aromatic carbocycles. The van der Waals surface area contributed by atoms with Crippen molar-refractivity contribution in [1.29, 1.82) is 0 Å². The number of nitro groups is 1. The first-order valence-electron chi connectivity index (χ1n) is 9.07. The largest absolute Gasteiger partial charge is 0.493 e. The molecule has 0 aliphatic carbocycles. The number of halogens is 3. The zero-order valence-corrected chi connectivity index (χ0v) is 17.1. The van der Waals surface area contributed by atoms with Gasteiger partial charge in [0.2, 0.25) is 0 Å². The smallest absolute Gasteiger partial charge is 0.416 e. The van der Waals surface area contributed by atoms with Crippen LogP contribution in [0.3, 0.4) is 0 Å². The first-order valence-corrected chi connectivity index (χ1v) is 9.07. The predicted molar refractivity (Wildman–Crippen MR) is 108 cm³/mol. The molecule has 3 aromatic rings. The Bertz CT molecular complexity index is 1150. The summed E-state index contributed by atoms with van der Waals surface area (Å²) in [5.74, 6) is 1.65. The first kappa shape index (κ1) is 22.1. The number of rotatable bonds is 6. The highest BCUT2D eigenvalue weighted by atomic mass is 19.4. The van der Waals surface area contributed by atoms with Crippen molar-refractivity contribution < 1.29 is 27.6 Å². The Labute approximate surface area is 175 Å². The van der Waals surface area contributed by atoms with Gasteiger partial charge in [-0.2, -0.15) is 13.2 Å². The molecule has 0 fully saturated rings. The number of hydrogen-bond acceptors (Lipinski definition) is 7. The lowest BCUT2D eigenvalue weighted by atomic mass is 10.0. The summed E-state index contributed by atoms with van der Waals surface area (Å²) in [6, 6.07) is 5.08. The summed E-state index contributed by atoms with van der Waals surface area (Å²) in [7, 11) is 2.95. The number of nitro benzene ring substituents is 1. The third kappa shape index (κ3) is 4.60. The third-order valence-electron chi connectivity index (χ3n) is 4.64. The highest BCUT2D eigenvalue weighted by Crippen LogP contribution is 2.37. The fourth-order valence-electron chi connectivity index (χ4n) is 3.12. The molecule has 0 spiro atoms. The summed E-state index contributed by atoms with van der Waals surface area (Å²) >= 11 is 0. The Morgan fingerprint density at radius 1 is 1.06 bits per heavy atom. The van der Waals surface area contributed by atoms with E-state index in [0.29, 0.717) is 40.1 Å². The lowest BCUT2D eigenvalue weighted by molar-refractivity contribution is -0.385. The molecule has 0 saturated carbocycles. The van der Waals surface area contributed by atoms with Crippen molar-refractivity contribution in [3.8, 4) is 11.5 Å². The fourth-order valence-corrected chi connectivity index (χ4v) is 3.12. The van der Waals surface area contributed by atoms with Crippen molar-refractivity contribution in [2.45, 2.75) is 26.1 Å². The Balaban J connectivity index is 2.08. The van der Waals surface area contributed by atoms with Crippen molar-refractivity contribution in [3.63, 3.8) is 0 Å². The van der Waals surface area contributed by atoms with Crippen molar-refractivity contribution in [1.82, 2.24) is 9.97 Å². The number of ether oxygens (including phenoxy) is 2. The van der Waals surface area contributed by atoms with Crippen molar-refractivity contribution in [2.24, 2.45) is 0 Å². The summed E-state index contributed by atoms with van der Waals surface area (Å²) in [5.41, 5.74) is -1.12. The molecule has 0 aliphatic rings. The van der Waals surface area contributed by atoms with Crippen LogP contribution in [0, 0.1) is 17.0 Å². The number of hydrogen-bond donors (Lipinski definition) is 1. The van der Waals surface area contributed by atoms with Crippen LogP contribution in [0.1, 0.15) is 29.9 Å². The topological polar surface area (TPSA) is 99.4 Å². The monoisotopic (exact) mass is 436 g/mol. The summed E-state index contributed by atoms with van der Waals surface area (Å²) in [4.78, 5) is 19.0. The van der Waals surface area contributed by atoms with Gasteiger partial charge in [0.1, 0.15) is 11.6 Å².